The summed E-state index contributed by atoms with van der Waals surface area (Å²) in [4.78, 5) is 12.9. The van der Waals surface area contributed by atoms with Crippen molar-refractivity contribution in [3.05, 3.63) is 82.6 Å². The Bertz CT molecular complexity index is 947. The van der Waals surface area contributed by atoms with Gasteiger partial charge in [-0.3, -0.25) is 4.79 Å². The minimum atomic E-state index is -0.394. The zero-order valence-electron chi connectivity index (χ0n) is 12.2. The minimum absolute atomic E-state index is 0.0310. The molecule has 0 radical (unpaired) electrons. The summed E-state index contributed by atoms with van der Waals surface area (Å²) in [5.41, 5.74) is 3.10. The Labute approximate surface area is 133 Å². The number of rotatable bonds is 0. The van der Waals surface area contributed by atoms with Gasteiger partial charge >= 0.3 is 0 Å². The van der Waals surface area contributed by atoms with Crippen LogP contribution >= 0.6 is 0 Å². The second kappa shape index (κ2) is 4.46. The van der Waals surface area contributed by atoms with Gasteiger partial charge in [-0.05, 0) is 24.3 Å². The Morgan fingerprint density at radius 2 is 1.52 bits per heavy atom. The van der Waals surface area contributed by atoms with E-state index in [1.54, 1.807) is 0 Å². The molecule has 0 aromatic heterocycles. The Kier molecular flexibility index (Phi) is 2.42. The molecule has 23 heavy (non-hydrogen) atoms. The Morgan fingerprint density at radius 3 is 2.35 bits per heavy atom. The fourth-order valence-electron chi connectivity index (χ4n) is 3.16. The number of ketones is 1. The summed E-state index contributed by atoms with van der Waals surface area (Å²) in [6.07, 6.45) is 5.30. The molecule has 0 fully saturated rings. The van der Waals surface area contributed by atoms with E-state index in [2.05, 4.69) is 0 Å². The number of hydrogen-bond acceptors (Lipinski definition) is 3. The van der Waals surface area contributed by atoms with E-state index in [9.17, 15) is 4.79 Å². The van der Waals surface area contributed by atoms with Gasteiger partial charge < -0.3 is 9.47 Å². The average Bonchev–Trinajstić information content (AvgIpc) is 2.59. The van der Waals surface area contributed by atoms with Gasteiger partial charge in [-0.2, -0.15) is 0 Å². The number of hydrogen-bond donors (Lipinski definition) is 0. The number of ether oxygens (including phenoxy) is 2. The highest BCUT2D eigenvalue weighted by Gasteiger charge is 2.36. The predicted molar refractivity (Wildman–Crippen MR) is 87.0 cm³/mol. The largest absolute Gasteiger partial charge is 0.481 e. The summed E-state index contributed by atoms with van der Waals surface area (Å²) >= 11 is 0. The zero-order chi connectivity index (χ0) is 15.4. The lowest BCUT2D eigenvalue weighted by Crippen LogP contribution is -2.33. The molecule has 0 amide bonds. The van der Waals surface area contributed by atoms with Crippen LogP contribution in [-0.4, -0.2) is 11.9 Å². The Balaban J connectivity index is 1.67. The van der Waals surface area contributed by atoms with Crippen molar-refractivity contribution in [2.45, 2.75) is 6.10 Å². The first-order valence-corrected chi connectivity index (χ1v) is 7.52. The molecule has 0 spiro atoms. The van der Waals surface area contributed by atoms with Gasteiger partial charge in [-0.1, -0.05) is 36.4 Å². The molecule has 1 atom stereocenters. The topological polar surface area (TPSA) is 35.5 Å². The highest BCUT2D eigenvalue weighted by molar-refractivity contribution is 6.18. The number of carbonyl (C=O) groups excluding carboxylic acids is 1. The molecule has 3 nitrogen and oxygen atoms in total. The van der Waals surface area contributed by atoms with Crippen LogP contribution in [0.3, 0.4) is 0 Å². The van der Waals surface area contributed by atoms with Gasteiger partial charge in [0, 0.05) is 22.8 Å². The van der Waals surface area contributed by atoms with Gasteiger partial charge in [0.05, 0.1) is 5.57 Å². The molecule has 110 valence electrons. The van der Waals surface area contributed by atoms with Crippen molar-refractivity contribution in [3.63, 3.8) is 0 Å². The van der Waals surface area contributed by atoms with Crippen molar-refractivity contribution in [3.8, 4) is 11.5 Å². The van der Waals surface area contributed by atoms with Crippen molar-refractivity contribution < 1.29 is 14.3 Å². The summed E-state index contributed by atoms with van der Waals surface area (Å²) < 4.78 is 11.9. The van der Waals surface area contributed by atoms with Crippen molar-refractivity contribution >= 4 is 17.9 Å². The summed E-state index contributed by atoms with van der Waals surface area (Å²) in [5, 5.41) is 0. The van der Waals surface area contributed by atoms with Gasteiger partial charge in [-0.25, -0.2) is 0 Å². The number of benzene rings is 2. The van der Waals surface area contributed by atoms with Crippen molar-refractivity contribution in [2.75, 3.05) is 0 Å². The molecule has 0 bridgehead atoms. The third kappa shape index (κ3) is 1.80. The standard InChI is InChI=1S/C20H12O3/c21-20-14-9-12-5-1-3-7-16(12)22-18(14)11-19-15(20)10-13-6-2-4-8-17(13)23-19/h1-11,18H. The quantitative estimate of drug-likeness (QED) is 0.743. The Morgan fingerprint density at radius 1 is 0.826 bits per heavy atom. The van der Waals surface area contributed by atoms with Crippen LogP contribution in [0.25, 0.3) is 12.2 Å². The van der Waals surface area contributed by atoms with Gasteiger partial charge in [0.2, 0.25) is 0 Å². The Hall–Kier alpha value is -3.07. The normalized spacial score (nSPS) is 20.4. The van der Waals surface area contributed by atoms with E-state index in [4.69, 9.17) is 9.47 Å². The van der Waals surface area contributed by atoms with Gasteiger partial charge in [0.25, 0.3) is 0 Å². The maximum Gasteiger partial charge on any atom is 0.196 e. The third-order valence-electron chi connectivity index (χ3n) is 4.30. The fourth-order valence-corrected chi connectivity index (χ4v) is 3.16. The highest BCUT2D eigenvalue weighted by atomic mass is 16.5. The van der Waals surface area contributed by atoms with E-state index >= 15 is 0 Å². The van der Waals surface area contributed by atoms with E-state index in [0.717, 1.165) is 22.6 Å². The first-order chi connectivity index (χ1) is 11.3. The molecule has 2 aliphatic heterocycles. The molecule has 0 saturated carbocycles. The van der Waals surface area contributed by atoms with Crippen molar-refractivity contribution in [1.29, 1.82) is 0 Å². The second-order valence-corrected chi connectivity index (χ2v) is 5.73. The van der Waals surface area contributed by atoms with Crippen LogP contribution in [0.2, 0.25) is 0 Å². The molecule has 1 aliphatic carbocycles. The molecular weight excluding hydrogens is 288 g/mol. The number of Topliss-reactive ketones (excluding diaryl/α,β-unsaturated/α-hetero) is 1. The van der Waals surface area contributed by atoms with Crippen LogP contribution in [-0.2, 0) is 4.79 Å². The molecular formula is C20H12O3. The molecule has 2 aromatic rings. The highest BCUT2D eigenvalue weighted by Crippen LogP contribution is 2.40. The van der Waals surface area contributed by atoms with Crippen LogP contribution < -0.4 is 9.47 Å². The third-order valence-corrected chi connectivity index (χ3v) is 4.30. The molecule has 3 aliphatic rings. The van der Waals surface area contributed by atoms with Crippen molar-refractivity contribution in [2.24, 2.45) is 0 Å². The first-order valence-electron chi connectivity index (χ1n) is 7.52. The number of fused-ring (bicyclic) bond motifs is 4. The molecule has 5 rings (SSSR count). The zero-order valence-corrected chi connectivity index (χ0v) is 12.2. The lowest BCUT2D eigenvalue weighted by molar-refractivity contribution is -0.113. The fraction of sp³-hybridized carbons (Fsp3) is 0.0500. The van der Waals surface area contributed by atoms with E-state index in [-0.39, 0.29) is 5.78 Å². The predicted octanol–water partition coefficient (Wildman–Crippen LogP) is 3.77. The maximum absolute atomic E-state index is 12.9. The molecule has 1 unspecified atom stereocenters. The van der Waals surface area contributed by atoms with E-state index < -0.39 is 6.10 Å². The van der Waals surface area contributed by atoms with Gasteiger partial charge in [-0.15, -0.1) is 0 Å². The van der Waals surface area contributed by atoms with Gasteiger partial charge in [0.1, 0.15) is 23.4 Å². The van der Waals surface area contributed by atoms with E-state index in [0.29, 0.717) is 16.9 Å². The number of para-hydroxylation sites is 2. The van der Waals surface area contributed by atoms with E-state index in [1.807, 2.05) is 66.8 Å². The molecule has 0 N–H and O–H groups in total. The summed E-state index contributed by atoms with van der Waals surface area (Å²) in [5.74, 6) is 2.10. The number of carbonyl (C=O) groups is 1. The van der Waals surface area contributed by atoms with Crippen LogP contribution in [0.5, 0.6) is 11.5 Å². The van der Waals surface area contributed by atoms with Crippen LogP contribution in [0, 0.1) is 0 Å². The lowest BCUT2D eigenvalue weighted by Gasteiger charge is -2.31. The molecule has 0 saturated heterocycles. The molecule has 3 heteroatoms. The monoisotopic (exact) mass is 300 g/mol. The van der Waals surface area contributed by atoms with Crippen LogP contribution in [0.15, 0.2) is 71.5 Å². The van der Waals surface area contributed by atoms with Gasteiger partial charge in [0.15, 0.2) is 5.78 Å². The molecule has 2 heterocycles. The summed E-state index contributed by atoms with van der Waals surface area (Å²) in [6.45, 7) is 0. The van der Waals surface area contributed by atoms with Crippen LogP contribution in [0.4, 0.5) is 0 Å². The summed E-state index contributed by atoms with van der Waals surface area (Å²) in [6, 6.07) is 15.4. The SMILES string of the molecule is O=C1C2=Cc3ccccc3OC2=CC2Oc3ccccc3C=C12. The summed E-state index contributed by atoms with van der Waals surface area (Å²) in [7, 11) is 0. The maximum atomic E-state index is 12.9. The minimum Gasteiger partial charge on any atom is -0.481 e. The second-order valence-electron chi connectivity index (χ2n) is 5.73. The van der Waals surface area contributed by atoms with Crippen LogP contribution in [0.1, 0.15) is 11.1 Å². The lowest BCUT2D eigenvalue weighted by atomic mass is 9.86. The average molecular weight is 300 g/mol. The smallest absolute Gasteiger partial charge is 0.196 e. The van der Waals surface area contributed by atoms with E-state index in [1.165, 1.54) is 0 Å². The van der Waals surface area contributed by atoms with Crippen molar-refractivity contribution in [1.82, 2.24) is 0 Å². The number of allylic oxidation sites excluding steroid dienone is 1. The molecule has 2 aromatic carbocycles. The first kappa shape index (κ1) is 12.5.